The summed E-state index contributed by atoms with van der Waals surface area (Å²) >= 11 is 0. The highest BCUT2D eigenvalue weighted by molar-refractivity contribution is 5.87. The number of benzene rings is 1. The van der Waals surface area contributed by atoms with Crippen LogP contribution in [-0.4, -0.2) is 63.7 Å². The van der Waals surface area contributed by atoms with E-state index in [1.54, 1.807) is 6.08 Å². The van der Waals surface area contributed by atoms with Crippen molar-refractivity contribution in [1.82, 2.24) is 0 Å². The molecule has 1 aromatic rings. The molecule has 1 aliphatic rings. The Kier molecular flexibility index (Phi) is 5.64. The van der Waals surface area contributed by atoms with E-state index in [-0.39, 0.29) is 6.61 Å². The van der Waals surface area contributed by atoms with Gasteiger partial charge in [0.1, 0.15) is 31.0 Å². The van der Waals surface area contributed by atoms with Gasteiger partial charge < -0.3 is 29.9 Å². The zero-order valence-electron chi connectivity index (χ0n) is 11.6. The van der Waals surface area contributed by atoms with Gasteiger partial charge in [0.2, 0.25) is 0 Å². The second-order valence-corrected chi connectivity index (χ2v) is 4.91. The molecule has 1 heterocycles. The van der Waals surface area contributed by atoms with Crippen LogP contribution in [0.3, 0.4) is 0 Å². The summed E-state index contributed by atoms with van der Waals surface area (Å²) in [4.78, 5) is 11.6. The molecule has 0 unspecified atom stereocenters. The molecule has 5 atom stereocenters. The predicted octanol–water partition coefficient (Wildman–Crippen LogP) is -0.957. The number of carbonyl (C=O) groups excluding carboxylic acids is 1. The quantitative estimate of drug-likeness (QED) is 0.418. The van der Waals surface area contributed by atoms with Gasteiger partial charge in [-0.05, 0) is 11.6 Å². The number of rotatable bonds is 4. The van der Waals surface area contributed by atoms with E-state index in [2.05, 4.69) is 0 Å². The first-order valence-corrected chi connectivity index (χ1v) is 6.76. The van der Waals surface area contributed by atoms with E-state index >= 15 is 0 Å². The molecule has 1 aromatic carbocycles. The Morgan fingerprint density at radius 3 is 2.45 bits per heavy atom. The molecular weight excluding hydrogens is 292 g/mol. The standard InChI is InChI=1S/C15H18O7/c16-11(7-6-9-4-2-1-3-5-9)21-8-10-12(17)13(18)14(19)15(20)22-10/h1-7,10,12-15,17-20H,8H2/t10-,12+,13-,14+,15-/m0/s1. The third kappa shape index (κ3) is 4.12. The molecule has 7 heteroatoms. The largest absolute Gasteiger partial charge is 0.460 e. The number of ether oxygens (including phenoxy) is 2. The Hall–Kier alpha value is -1.77. The molecule has 4 N–H and O–H groups in total. The van der Waals surface area contributed by atoms with E-state index in [4.69, 9.17) is 9.47 Å². The summed E-state index contributed by atoms with van der Waals surface area (Å²) in [7, 11) is 0. The molecule has 7 nitrogen and oxygen atoms in total. The molecule has 1 aliphatic heterocycles. The van der Waals surface area contributed by atoms with Crippen molar-refractivity contribution < 1.29 is 34.7 Å². The van der Waals surface area contributed by atoms with Crippen LogP contribution in [0.2, 0.25) is 0 Å². The highest BCUT2D eigenvalue weighted by Crippen LogP contribution is 2.20. The molecule has 0 bridgehead atoms. The second kappa shape index (κ2) is 7.48. The minimum atomic E-state index is -1.65. The first kappa shape index (κ1) is 16.6. The van der Waals surface area contributed by atoms with Crippen molar-refractivity contribution >= 4 is 12.0 Å². The smallest absolute Gasteiger partial charge is 0.330 e. The lowest BCUT2D eigenvalue weighted by molar-refractivity contribution is -0.287. The third-order valence-electron chi connectivity index (χ3n) is 3.29. The lowest BCUT2D eigenvalue weighted by atomic mass is 9.99. The van der Waals surface area contributed by atoms with Gasteiger partial charge in [-0.25, -0.2) is 4.79 Å². The summed E-state index contributed by atoms with van der Waals surface area (Å²) in [5.41, 5.74) is 0.822. The van der Waals surface area contributed by atoms with Crippen molar-refractivity contribution in [2.45, 2.75) is 30.7 Å². The number of hydrogen-bond donors (Lipinski definition) is 4. The highest BCUT2D eigenvalue weighted by Gasteiger charge is 2.43. The Labute approximate surface area is 127 Å². The van der Waals surface area contributed by atoms with Crippen LogP contribution in [0.5, 0.6) is 0 Å². The summed E-state index contributed by atoms with van der Waals surface area (Å²) in [5.74, 6) is -0.658. The fraction of sp³-hybridized carbons (Fsp3) is 0.400. The highest BCUT2D eigenvalue weighted by atomic mass is 16.6. The Balaban J connectivity index is 1.84. The molecule has 0 radical (unpaired) electrons. The minimum absolute atomic E-state index is 0.361. The lowest BCUT2D eigenvalue weighted by Gasteiger charge is -2.37. The van der Waals surface area contributed by atoms with Crippen LogP contribution in [0.1, 0.15) is 5.56 Å². The van der Waals surface area contributed by atoms with Crippen LogP contribution in [0.25, 0.3) is 6.08 Å². The molecule has 120 valence electrons. The summed E-state index contributed by atoms with van der Waals surface area (Å²) in [6.07, 6.45) is -4.65. The first-order valence-electron chi connectivity index (χ1n) is 6.76. The van der Waals surface area contributed by atoms with Crippen LogP contribution in [0.4, 0.5) is 0 Å². The van der Waals surface area contributed by atoms with Crippen molar-refractivity contribution in [2.75, 3.05) is 6.61 Å². The van der Waals surface area contributed by atoms with E-state index in [1.807, 2.05) is 30.3 Å². The van der Waals surface area contributed by atoms with Gasteiger partial charge in [0.25, 0.3) is 0 Å². The Morgan fingerprint density at radius 1 is 1.09 bits per heavy atom. The minimum Gasteiger partial charge on any atom is -0.460 e. The van der Waals surface area contributed by atoms with Gasteiger partial charge in [0, 0.05) is 6.08 Å². The molecule has 1 fully saturated rings. The van der Waals surface area contributed by atoms with Gasteiger partial charge in [-0.15, -0.1) is 0 Å². The first-order chi connectivity index (χ1) is 10.5. The zero-order chi connectivity index (χ0) is 16.1. The molecule has 1 saturated heterocycles. The molecule has 22 heavy (non-hydrogen) atoms. The fourth-order valence-electron chi connectivity index (χ4n) is 2.01. The molecule has 0 aliphatic carbocycles. The normalized spacial score (nSPS) is 32.1. The van der Waals surface area contributed by atoms with Crippen molar-refractivity contribution in [3.63, 3.8) is 0 Å². The second-order valence-electron chi connectivity index (χ2n) is 4.91. The number of hydrogen-bond acceptors (Lipinski definition) is 7. The van der Waals surface area contributed by atoms with Crippen LogP contribution in [0, 0.1) is 0 Å². The lowest BCUT2D eigenvalue weighted by Crippen LogP contribution is -2.58. The van der Waals surface area contributed by atoms with E-state index in [9.17, 15) is 25.2 Å². The van der Waals surface area contributed by atoms with Gasteiger partial charge in [-0.2, -0.15) is 0 Å². The third-order valence-corrected chi connectivity index (χ3v) is 3.29. The van der Waals surface area contributed by atoms with Crippen molar-refractivity contribution in [3.05, 3.63) is 42.0 Å². The van der Waals surface area contributed by atoms with Gasteiger partial charge >= 0.3 is 5.97 Å². The van der Waals surface area contributed by atoms with Gasteiger partial charge in [-0.1, -0.05) is 30.3 Å². The molecule has 0 saturated carbocycles. The molecule has 0 amide bonds. The maximum Gasteiger partial charge on any atom is 0.330 e. The number of aliphatic hydroxyl groups excluding tert-OH is 4. The van der Waals surface area contributed by atoms with E-state index in [1.165, 1.54) is 6.08 Å². The van der Waals surface area contributed by atoms with Crippen LogP contribution >= 0.6 is 0 Å². The number of esters is 1. The fourth-order valence-corrected chi connectivity index (χ4v) is 2.01. The van der Waals surface area contributed by atoms with E-state index in [0.717, 1.165) is 5.56 Å². The van der Waals surface area contributed by atoms with Crippen LogP contribution in [-0.2, 0) is 14.3 Å². The molecule has 0 spiro atoms. The predicted molar refractivity (Wildman–Crippen MR) is 75.3 cm³/mol. The van der Waals surface area contributed by atoms with Crippen molar-refractivity contribution in [1.29, 1.82) is 0 Å². The van der Waals surface area contributed by atoms with Crippen molar-refractivity contribution in [3.8, 4) is 0 Å². The van der Waals surface area contributed by atoms with Gasteiger partial charge in [0.15, 0.2) is 6.29 Å². The average Bonchev–Trinajstić information content (AvgIpc) is 2.54. The van der Waals surface area contributed by atoms with Crippen LogP contribution in [0.15, 0.2) is 36.4 Å². The van der Waals surface area contributed by atoms with Gasteiger partial charge in [0.05, 0.1) is 0 Å². The number of aliphatic hydroxyl groups is 4. The SMILES string of the molecule is O=C(C=Cc1ccccc1)OC[C@@H]1O[C@H](O)[C@H](O)[C@@H](O)[C@@H]1O. The van der Waals surface area contributed by atoms with Crippen LogP contribution < -0.4 is 0 Å². The summed E-state index contributed by atoms with van der Waals surface area (Å²) in [5, 5.41) is 37.9. The average molecular weight is 310 g/mol. The molecular formula is C15H18O7. The Morgan fingerprint density at radius 2 is 1.77 bits per heavy atom. The Bertz CT molecular complexity index is 516. The molecule has 0 aromatic heterocycles. The monoisotopic (exact) mass is 310 g/mol. The molecule has 2 rings (SSSR count). The summed E-state index contributed by atoms with van der Waals surface area (Å²) in [6, 6.07) is 9.12. The number of carbonyl (C=O) groups is 1. The topological polar surface area (TPSA) is 116 Å². The maximum atomic E-state index is 11.6. The zero-order valence-corrected chi connectivity index (χ0v) is 11.6. The van der Waals surface area contributed by atoms with Crippen molar-refractivity contribution in [2.24, 2.45) is 0 Å². The maximum absolute atomic E-state index is 11.6. The van der Waals surface area contributed by atoms with E-state index in [0.29, 0.717) is 0 Å². The van der Waals surface area contributed by atoms with Gasteiger partial charge in [-0.3, -0.25) is 0 Å². The summed E-state index contributed by atoms with van der Waals surface area (Å²) in [6.45, 7) is -0.361. The van der Waals surface area contributed by atoms with E-state index < -0.39 is 36.7 Å². The summed E-state index contributed by atoms with van der Waals surface area (Å²) < 4.78 is 9.78.